The summed E-state index contributed by atoms with van der Waals surface area (Å²) in [6, 6.07) is 17.1. The van der Waals surface area contributed by atoms with Gasteiger partial charge in [-0.25, -0.2) is 9.78 Å². The van der Waals surface area contributed by atoms with Crippen molar-refractivity contribution in [1.82, 2.24) is 9.55 Å². The van der Waals surface area contributed by atoms with E-state index in [0.717, 1.165) is 17.1 Å². The van der Waals surface area contributed by atoms with Gasteiger partial charge in [0.25, 0.3) is 0 Å². The lowest BCUT2D eigenvalue weighted by atomic mass is 9.92. The molecule has 0 aliphatic carbocycles. The van der Waals surface area contributed by atoms with Crippen molar-refractivity contribution in [2.45, 2.75) is 18.9 Å². The Balaban J connectivity index is 1.57. The number of carbonyl (C=O) groups is 1. The minimum atomic E-state index is -1.03. The number of anilines is 1. The normalized spacial score (nSPS) is 12.9. The average Bonchev–Trinajstić information content (AvgIpc) is 3.25. The van der Waals surface area contributed by atoms with Crippen molar-refractivity contribution in [3.63, 3.8) is 0 Å². The molecule has 2 heterocycles. The second-order valence-corrected chi connectivity index (χ2v) is 6.95. The number of hydrogen-bond acceptors (Lipinski definition) is 4. The molecular formula is C22H25N3O3. The molecule has 0 unspecified atom stereocenters. The number of pyridine rings is 1. The van der Waals surface area contributed by atoms with Gasteiger partial charge in [-0.1, -0.05) is 18.2 Å². The van der Waals surface area contributed by atoms with Crippen LogP contribution in [0.15, 0.2) is 73.2 Å². The molecule has 0 radical (unpaired) electrons. The van der Waals surface area contributed by atoms with Gasteiger partial charge in [-0.05, 0) is 48.9 Å². The molecule has 0 fully saturated rings. The van der Waals surface area contributed by atoms with Crippen LogP contribution in [-0.2, 0) is 16.8 Å². The fourth-order valence-corrected chi connectivity index (χ4v) is 3.04. The third kappa shape index (κ3) is 4.52. The predicted molar refractivity (Wildman–Crippen MR) is 109 cm³/mol. The van der Waals surface area contributed by atoms with E-state index in [2.05, 4.69) is 4.98 Å². The molecule has 3 aromatic rings. The fraction of sp³-hybridized carbons (Fsp3) is 0.273. The van der Waals surface area contributed by atoms with E-state index in [4.69, 9.17) is 4.74 Å². The molecule has 6 heteroatoms. The van der Waals surface area contributed by atoms with Crippen LogP contribution in [0.25, 0.3) is 0 Å². The first-order valence-corrected chi connectivity index (χ1v) is 9.20. The third-order valence-electron chi connectivity index (χ3n) is 4.84. The highest BCUT2D eigenvalue weighted by molar-refractivity contribution is 5.76. The number of nitrogens with zero attached hydrogens (tertiary/aromatic N) is 3. The minimum Gasteiger partial charge on any atom is -0.492 e. The molecule has 0 saturated carbocycles. The van der Waals surface area contributed by atoms with E-state index >= 15 is 0 Å². The Kier molecular flexibility index (Phi) is 5.99. The maximum absolute atomic E-state index is 11.9. The van der Waals surface area contributed by atoms with Gasteiger partial charge in [-0.15, -0.1) is 0 Å². The van der Waals surface area contributed by atoms with Crippen molar-refractivity contribution in [3.05, 3.63) is 78.8 Å². The number of carboxylic acid groups (broad SMARTS) is 1. The summed E-state index contributed by atoms with van der Waals surface area (Å²) in [7, 11) is 1.97. The van der Waals surface area contributed by atoms with E-state index in [0.29, 0.717) is 19.6 Å². The molecule has 0 aliphatic rings. The summed E-state index contributed by atoms with van der Waals surface area (Å²) in [6.45, 7) is 2.97. The molecule has 3 rings (SSSR count). The van der Waals surface area contributed by atoms with Crippen LogP contribution in [0, 0.1) is 0 Å². The molecule has 1 aromatic carbocycles. The number of carboxylic acids is 1. The standard InChI is InChI=1S/C22H25N3O3/c1-22(21(26)27,25-13-5-6-14-25)17-18-8-10-19(11-9-18)28-16-15-24(2)20-7-3-4-12-23-20/h3-14H,15-17H2,1-2H3,(H,26,27)/t22-/m1/s1. The van der Waals surface area contributed by atoms with Crippen LogP contribution in [0.3, 0.4) is 0 Å². The van der Waals surface area contributed by atoms with Crippen LogP contribution >= 0.6 is 0 Å². The average molecular weight is 379 g/mol. The lowest BCUT2D eigenvalue weighted by Crippen LogP contribution is -2.40. The summed E-state index contributed by atoms with van der Waals surface area (Å²) in [5.74, 6) is 0.803. The van der Waals surface area contributed by atoms with Crippen LogP contribution in [0.1, 0.15) is 12.5 Å². The van der Waals surface area contributed by atoms with Crippen LogP contribution < -0.4 is 9.64 Å². The Morgan fingerprint density at radius 1 is 1.14 bits per heavy atom. The number of likely N-dealkylation sites (N-methyl/N-ethyl adjacent to an activating group) is 1. The van der Waals surface area contributed by atoms with E-state index in [-0.39, 0.29) is 0 Å². The number of aromatic nitrogens is 2. The molecule has 0 aliphatic heterocycles. The SMILES string of the molecule is CN(CCOc1ccc(C[C@](C)(C(=O)O)n2cccc2)cc1)c1ccccn1. The van der Waals surface area contributed by atoms with Crippen molar-refractivity contribution in [1.29, 1.82) is 0 Å². The Morgan fingerprint density at radius 3 is 2.46 bits per heavy atom. The number of ether oxygens (including phenoxy) is 1. The first kappa shape index (κ1) is 19.5. The van der Waals surface area contributed by atoms with Crippen molar-refractivity contribution in [2.24, 2.45) is 0 Å². The highest BCUT2D eigenvalue weighted by Crippen LogP contribution is 2.24. The maximum Gasteiger partial charge on any atom is 0.329 e. The summed E-state index contributed by atoms with van der Waals surface area (Å²) in [4.78, 5) is 18.2. The van der Waals surface area contributed by atoms with Gasteiger partial charge < -0.3 is 19.3 Å². The summed E-state index contributed by atoms with van der Waals surface area (Å²) in [6.07, 6.45) is 5.72. The lowest BCUT2D eigenvalue weighted by molar-refractivity contribution is -0.146. The van der Waals surface area contributed by atoms with Gasteiger partial charge in [0.15, 0.2) is 0 Å². The Hall–Kier alpha value is -3.28. The second kappa shape index (κ2) is 8.61. The minimum absolute atomic E-state index is 0.389. The van der Waals surface area contributed by atoms with E-state index in [9.17, 15) is 9.90 Å². The number of aliphatic carboxylic acids is 1. The van der Waals surface area contributed by atoms with Gasteiger partial charge in [-0.3, -0.25) is 0 Å². The maximum atomic E-state index is 11.9. The Morgan fingerprint density at radius 2 is 1.86 bits per heavy atom. The quantitative estimate of drug-likeness (QED) is 0.617. The molecule has 0 spiro atoms. The van der Waals surface area contributed by atoms with Gasteiger partial charge >= 0.3 is 5.97 Å². The molecule has 0 bridgehead atoms. The van der Waals surface area contributed by atoms with E-state index < -0.39 is 11.5 Å². The molecule has 146 valence electrons. The smallest absolute Gasteiger partial charge is 0.329 e. The Labute approximate surface area is 165 Å². The van der Waals surface area contributed by atoms with Crippen molar-refractivity contribution < 1.29 is 14.6 Å². The van der Waals surface area contributed by atoms with E-state index in [1.54, 1.807) is 30.1 Å². The summed E-state index contributed by atoms with van der Waals surface area (Å²) < 4.78 is 7.54. The molecule has 2 aromatic heterocycles. The zero-order valence-electron chi connectivity index (χ0n) is 16.2. The van der Waals surface area contributed by atoms with Crippen LogP contribution in [0.4, 0.5) is 5.82 Å². The topological polar surface area (TPSA) is 67.6 Å². The molecular weight excluding hydrogens is 354 g/mol. The summed E-state index contributed by atoms with van der Waals surface area (Å²) >= 11 is 0. The van der Waals surface area contributed by atoms with Crippen molar-refractivity contribution >= 4 is 11.8 Å². The molecule has 0 amide bonds. The van der Waals surface area contributed by atoms with Crippen LogP contribution in [0.2, 0.25) is 0 Å². The fourth-order valence-electron chi connectivity index (χ4n) is 3.04. The Bertz CT molecular complexity index is 879. The highest BCUT2D eigenvalue weighted by atomic mass is 16.5. The summed E-state index contributed by atoms with van der Waals surface area (Å²) in [5, 5.41) is 9.73. The molecule has 0 saturated heterocycles. The molecule has 1 N–H and O–H groups in total. The second-order valence-electron chi connectivity index (χ2n) is 6.95. The molecule has 6 nitrogen and oxygen atoms in total. The zero-order chi connectivity index (χ0) is 20.0. The predicted octanol–water partition coefficient (Wildman–Crippen LogP) is 3.44. The van der Waals surface area contributed by atoms with Crippen molar-refractivity contribution in [2.75, 3.05) is 25.1 Å². The monoisotopic (exact) mass is 379 g/mol. The largest absolute Gasteiger partial charge is 0.492 e. The van der Waals surface area contributed by atoms with Crippen molar-refractivity contribution in [3.8, 4) is 5.75 Å². The third-order valence-corrected chi connectivity index (χ3v) is 4.84. The number of hydrogen-bond donors (Lipinski definition) is 1. The van der Waals surface area contributed by atoms with Gasteiger partial charge in [-0.2, -0.15) is 0 Å². The van der Waals surface area contributed by atoms with E-state index in [1.807, 2.05) is 66.5 Å². The van der Waals surface area contributed by atoms with Gasteiger partial charge in [0, 0.05) is 32.1 Å². The van der Waals surface area contributed by atoms with E-state index in [1.165, 1.54) is 0 Å². The van der Waals surface area contributed by atoms with Gasteiger partial charge in [0.1, 0.15) is 23.7 Å². The van der Waals surface area contributed by atoms with Crippen LogP contribution in [0.5, 0.6) is 5.75 Å². The molecule has 1 atom stereocenters. The zero-order valence-corrected chi connectivity index (χ0v) is 16.2. The van der Waals surface area contributed by atoms with Gasteiger partial charge in [0.2, 0.25) is 0 Å². The number of rotatable bonds is 9. The lowest BCUT2D eigenvalue weighted by Gasteiger charge is -2.27. The molecule has 28 heavy (non-hydrogen) atoms. The highest BCUT2D eigenvalue weighted by Gasteiger charge is 2.34. The summed E-state index contributed by atoms with van der Waals surface area (Å²) in [5.41, 5.74) is -0.0892. The van der Waals surface area contributed by atoms with Crippen LogP contribution in [-0.4, -0.2) is 40.8 Å². The first-order chi connectivity index (χ1) is 13.5. The van der Waals surface area contributed by atoms with Gasteiger partial charge in [0.05, 0.1) is 6.54 Å². The number of benzene rings is 1. The first-order valence-electron chi connectivity index (χ1n) is 9.20.